The van der Waals surface area contributed by atoms with E-state index in [0.29, 0.717) is 25.2 Å². The molecule has 1 aromatic carbocycles. The molecule has 1 aromatic rings. The maximum absolute atomic E-state index is 14.6. The number of hydrogen-bond donors (Lipinski definition) is 0. The SMILES string of the molecule is CC(C)CC1CCc2c(F)c(Br)cc(F)c2N1C(=O)OC(C)(C)C. The van der Waals surface area contributed by atoms with Crippen molar-refractivity contribution in [3.8, 4) is 0 Å². The first-order valence-corrected chi connectivity index (χ1v) is 8.99. The number of amides is 1. The van der Waals surface area contributed by atoms with Gasteiger partial charge in [-0.2, -0.15) is 0 Å². The summed E-state index contributed by atoms with van der Waals surface area (Å²) in [6.45, 7) is 9.35. The fourth-order valence-corrected chi connectivity index (χ4v) is 3.51. The van der Waals surface area contributed by atoms with E-state index < -0.39 is 23.3 Å². The molecule has 0 radical (unpaired) electrons. The summed E-state index contributed by atoms with van der Waals surface area (Å²) in [7, 11) is 0. The van der Waals surface area contributed by atoms with E-state index in [9.17, 15) is 13.6 Å². The quantitative estimate of drug-likeness (QED) is 0.581. The van der Waals surface area contributed by atoms with Gasteiger partial charge in [0.25, 0.3) is 0 Å². The molecule has 1 aliphatic rings. The predicted molar refractivity (Wildman–Crippen MR) is 94.3 cm³/mol. The highest BCUT2D eigenvalue weighted by Gasteiger charge is 2.38. The summed E-state index contributed by atoms with van der Waals surface area (Å²) in [6.07, 6.45) is 1.05. The van der Waals surface area contributed by atoms with Crippen molar-refractivity contribution in [3.05, 3.63) is 27.7 Å². The Labute approximate surface area is 150 Å². The van der Waals surface area contributed by atoms with Gasteiger partial charge in [0.15, 0.2) is 0 Å². The first-order chi connectivity index (χ1) is 11.0. The number of rotatable bonds is 2. The van der Waals surface area contributed by atoms with E-state index in [1.54, 1.807) is 20.8 Å². The van der Waals surface area contributed by atoms with Gasteiger partial charge in [0, 0.05) is 11.6 Å². The Balaban J connectivity index is 2.52. The van der Waals surface area contributed by atoms with Crippen LogP contribution in [0, 0.1) is 17.6 Å². The molecular weight excluding hydrogens is 380 g/mol. The van der Waals surface area contributed by atoms with Crippen molar-refractivity contribution < 1.29 is 18.3 Å². The maximum atomic E-state index is 14.6. The van der Waals surface area contributed by atoms with Gasteiger partial charge in [-0.3, -0.25) is 4.90 Å². The zero-order valence-corrected chi connectivity index (χ0v) is 16.3. The van der Waals surface area contributed by atoms with Gasteiger partial charge in [0.1, 0.15) is 17.2 Å². The number of benzene rings is 1. The lowest BCUT2D eigenvalue weighted by Crippen LogP contribution is -2.47. The second-order valence-corrected chi connectivity index (χ2v) is 8.51. The zero-order chi connectivity index (χ0) is 18.2. The number of fused-ring (bicyclic) bond motifs is 1. The molecule has 2 rings (SSSR count). The van der Waals surface area contributed by atoms with E-state index in [-0.39, 0.29) is 21.8 Å². The second kappa shape index (κ2) is 6.98. The van der Waals surface area contributed by atoms with Crippen LogP contribution in [0.25, 0.3) is 0 Å². The Morgan fingerprint density at radius 1 is 1.42 bits per heavy atom. The molecule has 0 aromatic heterocycles. The fraction of sp³-hybridized carbons (Fsp3) is 0.611. The molecule has 0 fully saturated rings. The van der Waals surface area contributed by atoms with E-state index in [2.05, 4.69) is 15.9 Å². The summed E-state index contributed by atoms with van der Waals surface area (Å²) in [5.41, 5.74) is -0.462. The van der Waals surface area contributed by atoms with Crippen LogP contribution in [0.3, 0.4) is 0 Å². The third kappa shape index (κ3) is 4.08. The Morgan fingerprint density at radius 3 is 2.58 bits per heavy atom. The first-order valence-electron chi connectivity index (χ1n) is 8.20. The van der Waals surface area contributed by atoms with Crippen molar-refractivity contribution in [2.24, 2.45) is 5.92 Å². The molecule has 0 bridgehead atoms. The average molecular weight is 404 g/mol. The van der Waals surface area contributed by atoms with Crippen LogP contribution in [0.2, 0.25) is 0 Å². The minimum Gasteiger partial charge on any atom is -0.443 e. The van der Waals surface area contributed by atoms with Gasteiger partial charge >= 0.3 is 6.09 Å². The number of ether oxygens (including phenoxy) is 1. The standard InChI is InChI=1S/C18H24BrF2NO2/c1-10(2)8-11-6-7-12-15(21)13(19)9-14(20)16(12)22(11)17(23)24-18(3,4)5/h9-11H,6-8H2,1-5H3. The summed E-state index contributed by atoms with van der Waals surface area (Å²) in [5, 5.41) is 0. The Kier molecular flexibility index (Phi) is 5.57. The minimum absolute atomic E-state index is 0.0156. The molecule has 0 aliphatic carbocycles. The van der Waals surface area contributed by atoms with Crippen LogP contribution >= 0.6 is 15.9 Å². The molecule has 0 saturated heterocycles. The molecule has 1 amide bonds. The molecule has 1 heterocycles. The van der Waals surface area contributed by atoms with Crippen LogP contribution in [0.4, 0.5) is 19.3 Å². The van der Waals surface area contributed by atoms with E-state index in [0.717, 1.165) is 6.07 Å². The first kappa shape index (κ1) is 19.2. The molecule has 1 aliphatic heterocycles. The zero-order valence-electron chi connectivity index (χ0n) is 14.8. The van der Waals surface area contributed by atoms with Crippen molar-refractivity contribution >= 4 is 27.7 Å². The number of carbonyl (C=O) groups excluding carboxylic acids is 1. The van der Waals surface area contributed by atoms with Gasteiger partial charge < -0.3 is 4.74 Å². The minimum atomic E-state index is -0.707. The summed E-state index contributed by atoms with van der Waals surface area (Å²) < 4.78 is 34.6. The van der Waals surface area contributed by atoms with Gasteiger partial charge in [-0.05, 0) is 67.9 Å². The number of hydrogen-bond acceptors (Lipinski definition) is 2. The lowest BCUT2D eigenvalue weighted by atomic mass is 9.90. The number of anilines is 1. The molecule has 1 atom stereocenters. The second-order valence-electron chi connectivity index (χ2n) is 7.65. The number of halogens is 3. The highest BCUT2D eigenvalue weighted by molar-refractivity contribution is 9.10. The smallest absolute Gasteiger partial charge is 0.415 e. The Morgan fingerprint density at radius 2 is 2.04 bits per heavy atom. The van der Waals surface area contributed by atoms with Crippen LogP contribution in [-0.4, -0.2) is 17.7 Å². The van der Waals surface area contributed by atoms with E-state index in [1.165, 1.54) is 4.90 Å². The number of nitrogens with zero attached hydrogens (tertiary/aromatic N) is 1. The monoisotopic (exact) mass is 403 g/mol. The van der Waals surface area contributed by atoms with Gasteiger partial charge in [-0.15, -0.1) is 0 Å². The summed E-state index contributed by atoms with van der Waals surface area (Å²) in [4.78, 5) is 14.0. The van der Waals surface area contributed by atoms with Crippen molar-refractivity contribution in [1.29, 1.82) is 0 Å². The lowest BCUT2D eigenvalue weighted by Gasteiger charge is -2.39. The van der Waals surface area contributed by atoms with E-state index >= 15 is 0 Å². The van der Waals surface area contributed by atoms with Crippen LogP contribution in [-0.2, 0) is 11.2 Å². The Bertz CT molecular complexity index is 641. The lowest BCUT2D eigenvalue weighted by molar-refractivity contribution is 0.0554. The third-order valence-electron chi connectivity index (χ3n) is 3.91. The van der Waals surface area contributed by atoms with Crippen molar-refractivity contribution in [2.75, 3.05) is 4.90 Å². The Hall–Kier alpha value is -1.17. The van der Waals surface area contributed by atoms with Gasteiger partial charge in [0.2, 0.25) is 0 Å². The highest BCUT2D eigenvalue weighted by atomic mass is 79.9. The van der Waals surface area contributed by atoms with Crippen LogP contribution < -0.4 is 4.90 Å². The molecular formula is C18H24BrF2NO2. The maximum Gasteiger partial charge on any atom is 0.415 e. The summed E-state index contributed by atoms with van der Waals surface area (Å²) in [5.74, 6) is -0.801. The van der Waals surface area contributed by atoms with Crippen LogP contribution in [0.1, 0.15) is 53.0 Å². The fourth-order valence-electron chi connectivity index (χ4n) is 3.07. The summed E-state index contributed by atoms with van der Waals surface area (Å²) >= 11 is 3.04. The molecule has 1 unspecified atom stereocenters. The highest BCUT2D eigenvalue weighted by Crippen LogP contribution is 2.40. The largest absolute Gasteiger partial charge is 0.443 e. The van der Waals surface area contributed by atoms with Gasteiger partial charge in [-0.25, -0.2) is 13.6 Å². The van der Waals surface area contributed by atoms with E-state index in [4.69, 9.17) is 4.74 Å². The van der Waals surface area contributed by atoms with Gasteiger partial charge in [-0.1, -0.05) is 13.8 Å². The molecule has 134 valence electrons. The van der Waals surface area contributed by atoms with Crippen molar-refractivity contribution in [3.63, 3.8) is 0 Å². The number of carbonyl (C=O) groups is 1. The third-order valence-corrected chi connectivity index (χ3v) is 4.48. The van der Waals surface area contributed by atoms with Crippen LogP contribution in [0.15, 0.2) is 10.5 Å². The molecule has 3 nitrogen and oxygen atoms in total. The molecule has 0 N–H and O–H groups in total. The molecule has 24 heavy (non-hydrogen) atoms. The van der Waals surface area contributed by atoms with Crippen molar-refractivity contribution in [1.82, 2.24) is 0 Å². The normalized spacial score (nSPS) is 17.9. The molecule has 0 saturated carbocycles. The van der Waals surface area contributed by atoms with Crippen LogP contribution in [0.5, 0.6) is 0 Å². The topological polar surface area (TPSA) is 29.5 Å². The van der Waals surface area contributed by atoms with Gasteiger partial charge in [0.05, 0.1) is 10.2 Å². The molecule has 6 heteroatoms. The van der Waals surface area contributed by atoms with E-state index in [1.807, 2.05) is 13.8 Å². The average Bonchev–Trinajstić information content (AvgIpc) is 2.41. The molecule has 0 spiro atoms. The summed E-state index contributed by atoms with van der Waals surface area (Å²) in [6, 6.07) is 0.867. The van der Waals surface area contributed by atoms with Crippen molar-refractivity contribution in [2.45, 2.75) is 65.5 Å². The predicted octanol–water partition coefficient (Wildman–Crippen LogP) is 5.83.